The summed E-state index contributed by atoms with van der Waals surface area (Å²) in [6, 6.07) is 10.5. The van der Waals surface area contributed by atoms with Crippen molar-refractivity contribution in [3.05, 3.63) is 52.6 Å². The number of aryl methyl sites for hydroxylation is 4. The summed E-state index contributed by atoms with van der Waals surface area (Å²) in [7, 11) is 0. The number of carbonyl (C=O) groups excluding carboxylic acids is 1. The molecule has 3 rings (SSSR count). The maximum Gasteiger partial charge on any atom is 0.236 e. The van der Waals surface area contributed by atoms with Crippen molar-refractivity contribution in [1.29, 1.82) is 0 Å². The zero-order chi connectivity index (χ0) is 17.3. The van der Waals surface area contributed by atoms with E-state index in [1.54, 1.807) is 11.8 Å². The molecule has 0 aliphatic rings. The van der Waals surface area contributed by atoms with Crippen LogP contribution in [-0.2, 0) is 4.79 Å². The molecule has 3 nitrogen and oxygen atoms in total. The average molecular weight is 357 g/mol. The fourth-order valence-corrected chi connectivity index (χ4v) is 4.57. The highest BCUT2D eigenvalue weighted by Crippen LogP contribution is 2.30. The Kier molecular flexibility index (Phi) is 4.92. The number of amides is 1. The van der Waals surface area contributed by atoms with Crippen LogP contribution in [0, 0.1) is 27.7 Å². The summed E-state index contributed by atoms with van der Waals surface area (Å²) in [5.74, 6) is 0.368. The number of benzene rings is 2. The molecule has 0 atom stereocenters. The standard InChI is InChI=1S/C19H20N2OS2/c1-11-5-6-13(3)15(8-11)23-10-17(22)20-19-21-18-14(4)7-12(2)9-16(18)24-19/h5-9H,10H2,1-4H3,(H,20,21,22). The van der Waals surface area contributed by atoms with Crippen LogP contribution in [0.3, 0.4) is 0 Å². The van der Waals surface area contributed by atoms with Gasteiger partial charge in [-0.15, -0.1) is 11.8 Å². The first-order valence-corrected chi connectivity index (χ1v) is 9.60. The summed E-state index contributed by atoms with van der Waals surface area (Å²) in [6.07, 6.45) is 0. The molecule has 0 aliphatic heterocycles. The Labute approximate surface area is 150 Å². The van der Waals surface area contributed by atoms with Gasteiger partial charge in [-0.2, -0.15) is 0 Å². The molecule has 0 saturated heterocycles. The molecule has 0 radical (unpaired) electrons. The largest absolute Gasteiger partial charge is 0.301 e. The Bertz CT molecular complexity index is 915. The average Bonchev–Trinajstić information content (AvgIpc) is 2.90. The maximum absolute atomic E-state index is 12.2. The van der Waals surface area contributed by atoms with E-state index in [1.807, 2.05) is 0 Å². The number of anilines is 1. The van der Waals surface area contributed by atoms with Crippen LogP contribution in [0.1, 0.15) is 22.3 Å². The molecule has 3 aromatic rings. The minimum absolute atomic E-state index is 0.0191. The van der Waals surface area contributed by atoms with Gasteiger partial charge in [-0.05, 0) is 56.5 Å². The molecule has 0 unspecified atom stereocenters. The molecule has 1 heterocycles. The lowest BCUT2D eigenvalue weighted by atomic mass is 10.1. The van der Waals surface area contributed by atoms with Crippen molar-refractivity contribution in [3.63, 3.8) is 0 Å². The third kappa shape index (κ3) is 3.79. The number of aromatic nitrogens is 1. The van der Waals surface area contributed by atoms with E-state index in [9.17, 15) is 4.79 Å². The first-order chi connectivity index (χ1) is 11.4. The number of rotatable bonds is 4. The number of nitrogens with one attached hydrogen (secondary N) is 1. The number of hydrogen-bond acceptors (Lipinski definition) is 4. The van der Waals surface area contributed by atoms with Gasteiger partial charge in [0.1, 0.15) is 0 Å². The second kappa shape index (κ2) is 6.95. The minimum Gasteiger partial charge on any atom is -0.301 e. The Hall–Kier alpha value is -1.85. The van der Waals surface area contributed by atoms with E-state index in [4.69, 9.17) is 0 Å². The van der Waals surface area contributed by atoms with E-state index >= 15 is 0 Å². The van der Waals surface area contributed by atoms with Gasteiger partial charge in [-0.25, -0.2) is 4.98 Å². The molecule has 0 bridgehead atoms. The van der Waals surface area contributed by atoms with Gasteiger partial charge in [0.25, 0.3) is 0 Å². The minimum atomic E-state index is -0.0191. The molecule has 0 saturated carbocycles. The van der Waals surface area contributed by atoms with Gasteiger partial charge in [-0.1, -0.05) is 35.1 Å². The molecule has 24 heavy (non-hydrogen) atoms. The van der Waals surface area contributed by atoms with Crippen LogP contribution in [0.15, 0.2) is 35.2 Å². The fourth-order valence-electron chi connectivity index (χ4n) is 2.59. The van der Waals surface area contributed by atoms with E-state index in [0.29, 0.717) is 10.9 Å². The summed E-state index contributed by atoms with van der Waals surface area (Å²) < 4.78 is 1.12. The molecule has 0 fully saturated rings. The molecule has 124 valence electrons. The second-order valence-electron chi connectivity index (χ2n) is 6.05. The van der Waals surface area contributed by atoms with Crippen LogP contribution in [-0.4, -0.2) is 16.6 Å². The number of thioether (sulfide) groups is 1. The number of thiazole rings is 1. The lowest BCUT2D eigenvalue weighted by molar-refractivity contribution is -0.113. The second-order valence-corrected chi connectivity index (χ2v) is 8.10. The van der Waals surface area contributed by atoms with Crippen LogP contribution in [0.5, 0.6) is 0 Å². The molecule has 0 aliphatic carbocycles. The SMILES string of the molecule is Cc1ccc(C)c(SCC(=O)Nc2nc3c(C)cc(C)cc3s2)c1. The Morgan fingerprint density at radius 3 is 2.67 bits per heavy atom. The van der Waals surface area contributed by atoms with Gasteiger partial charge in [0.2, 0.25) is 5.91 Å². The van der Waals surface area contributed by atoms with Crippen LogP contribution >= 0.6 is 23.1 Å². The first-order valence-electron chi connectivity index (χ1n) is 7.80. The number of carbonyl (C=O) groups is 1. The molecule has 5 heteroatoms. The lowest BCUT2D eigenvalue weighted by Crippen LogP contribution is -2.13. The molecule has 2 aromatic carbocycles. The molecular formula is C19H20N2OS2. The molecule has 1 N–H and O–H groups in total. The van der Waals surface area contributed by atoms with Crippen molar-refractivity contribution in [3.8, 4) is 0 Å². The highest BCUT2D eigenvalue weighted by Gasteiger charge is 2.11. The van der Waals surface area contributed by atoms with Crippen LogP contribution in [0.25, 0.3) is 10.2 Å². The van der Waals surface area contributed by atoms with E-state index in [2.05, 4.69) is 68.3 Å². The number of nitrogens with zero attached hydrogens (tertiary/aromatic N) is 1. The summed E-state index contributed by atoms with van der Waals surface area (Å²) >= 11 is 3.09. The van der Waals surface area contributed by atoms with Crippen molar-refractivity contribution in [2.24, 2.45) is 0 Å². The topological polar surface area (TPSA) is 42.0 Å². The van der Waals surface area contributed by atoms with Crippen molar-refractivity contribution in [1.82, 2.24) is 4.98 Å². The number of fused-ring (bicyclic) bond motifs is 1. The normalized spacial score (nSPS) is 11.0. The van der Waals surface area contributed by atoms with E-state index in [1.165, 1.54) is 28.0 Å². The van der Waals surface area contributed by atoms with E-state index in [0.717, 1.165) is 20.7 Å². The Balaban J connectivity index is 1.69. The maximum atomic E-state index is 12.2. The summed E-state index contributed by atoms with van der Waals surface area (Å²) in [5, 5.41) is 3.60. The molecule has 1 amide bonds. The third-order valence-electron chi connectivity index (χ3n) is 3.78. The zero-order valence-corrected chi connectivity index (χ0v) is 15.9. The van der Waals surface area contributed by atoms with Crippen molar-refractivity contribution in [2.45, 2.75) is 32.6 Å². The third-order valence-corrected chi connectivity index (χ3v) is 5.85. The Morgan fingerprint density at radius 2 is 1.88 bits per heavy atom. The predicted molar refractivity (Wildman–Crippen MR) is 104 cm³/mol. The van der Waals surface area contributed by atoms with Gasteiger partial charge in [0.15, 0.2) is 5.13 Å². The van der Waals surface area contributed by atoms with Gasteiger partial charge in [0.05, 0.1) is 16.0 Å². The summed E-state index contributed by atoms with van der Waals surface area (Å²) in [4.78, 5) is 18.0. The molecular weight excluding hydrogens is 336 g/mol. The monoisotopic (exact) mass is 356 g/mol. The van der Waals surface area contributed by atoms with Gasteiger partial charge in [0, 0.05) is 4.90 Å². The van der Waals surface area contributed by atoms with Gasteiger partial charge < -0.3 is 5.32 Å². The summed E-state index contributed by atoms with van der Waals surface area (Å²) in [5.41, 5.74) is 5.74. The molecule has 0 spiro atoms. The van der Waals surface area contributed by atoms with Crippen LogP contribution in [0.4, 0.5) is 5.13 Å². The first kappa shape index (κ1) is 17.0. The van der Waals surface area contributed by atoms with E-state index in [-0.39, 0.29) is 5.91 Å². The van der Waals surface area contributed by atoms with Gasteiger partial charge in [-0.3, -0.25) is 4.79 Å². The van der Waals surface area contributed by atoms with Crippen molar-refractivity contribution >= 4 is 44.4 Å². The van der Waals surface area contributed by atoms with E-state index < -0.39 is 0 Å². The van der Waals surface area contributed by atoms with Crippen LogP contribution in [0.2, 0.25) is 0 Å². The zero-order valence-electron chi connectivity index (χ0n) is 14.3. The fraction of sp³-hybridized carbons (Fsp3) is 0.263. The highest BCUT2D eigenvalue weighted by molar-refractivity contribution is 8.00. The molecule has 1 aromatic heterocycles. The van der Waals surface area contributed by atoms with Crippen molar-refractivity contribution in [2.75, 3.05) is 11.1 Å². The predicted octanol–water partition coefficient (Wildman–Crippen LogP) is 5.26. The highest BCUT2D eigenvalue weighted by atomic mass is 32.2. The smallest absolute Gasteiger partial charge is 0.236 e. The van der Waals surface area contributed by atoms with Crippen molar-refractivity contribution < 1.29 is 4.79 Å². The van der Waals surface area contributed by atoms with Gasteiger partial charge >= 0.3 is 0 Å². The number of hydrogen-bond donors (Lipinski definition) is 1. The summed E-state index contributed by atoms with van der Waals surface area (Å²) in [6.45, 7) is 8.26. The van der Waals surface area contributed by atoms with Crippen LogP contribution < -0.4 is 5.32 Å². The quantitative estimate of drug-likeness (QED) is 0.648. The lowest BCUT2D eigenvalue weighted by Gasteiger charge is -2.06. The Morgan fingerprint density at radius 1 is 1.08 bits per heavy atom.